The number of ether oxygens (including phenoxy) is 1. The number of fused-ring (bicyclic) bond motifs is 1. The summed E-state index contributed by atoms with van der Waals surface area (Å²) >= 11 is 3.16. The van der Waals surface area contributed by atoms with Crippen LogP contribution in [0.4, 0.5) is 0 Å². The van der Waals surface area contributed by atoms with Gasteiger partial charge in [-0.3, -0.25) is 9.59 Å². The van der Waals surface area contributed by atoms with E-state index in [0.717, 1.165) is 29.7 Å². The molecule has 1 aliphatic heterocycles. The summed E-state index contributed by atoms with van der Waals surface area (Å²) in [6, 6.07) is 11.8. The Morgan fingerprint density at radius 1 is 1.17 bits per heavy atom. The number of hydrogen-bond acceptors (Lipinski definition) is 5. The average molecular weight is 511 g/mol. The first kappa shape index (κ1) is 25.5. The summed E-state index contributed by atoms with van der Waals surface area (Å²) in [4.78, 5) is 32.6. The van der Waals surface area contributed by atoms with Crippen LogP contribution >= 0.6 is 22.7 Å². The Bertz CT molecular complexity index is 1150. The molecule has 2 amide bonds. The second-order valence-corrected chi connectivity index (χ2v) is 11.4. The molecule has 7 heteroatoms. The number of carbonyl (C=O) groups excluding carboxylic acids is 2. The monoisotopic (exact) mass is 510 g/mol. The Kier molecular flexibility index (Phi) is 8.29. The van der Waals surface area contributed by atoms with Gasteiger partial charge >= 0.3 is 0 Å². The minimum absolute atomic E-state index is 0.0238. The van der Waals surface area contributed by atoms with Crippen molar-refractivity contribution in [2.75, 3.05) is 26.2 Å². The number of amides is 2. The predicted molar refractivity (Wildman–Crippen MR) is 144 cm³/mol. The largest absolute Gasteiger partial charge is 0.491 e. The van der Waals surface area contributed by atoms with Crippen molar-refractivity contribution in [2.45, 2.75) is 46.6 Å². The highest BCUT2D eigenvalue weighted by molar-refractivity contribution is 7.12. The van der Waals surface area contributed by atoms with Gasteiger partial charge in [0.25, 0.3) is 5.91 Å². The highest BCUT2D eigenvalue weighted by Gasteiger charge is 2.34. The maximum atomic E-state index is 13.7. The molecule has 5 nitrogen and oxygen atoms in total. The topological polar surface area (TPSA) is 49.9 Å². The van der Waals surface area contributed by atoms with Crippen LogP contribution in [0.5, 0.6) is 5.75 Å². The van der Waals surface area contributed by atoms with Crippen molar-refractivity contribution >= 4 is 34.5 Å². The number of carbonyl (C=O) groups is 2. The maximum Gasteiger partial charge on any atom is 0.264 e. The van der Waals surface area contributed by atoms with Gasteiger partial charge in [0.1, 0.15) is 18.9 Å². The fourth-order valence-electron chi connectivity index (χ4n) is 4.54. The number of rotatable bonds is 9. The Morgan fingerprint density at radius 3 is 2.71 bits per heavy atom. The van der Waals surface area contributed by atoms with E-state index in [-0.39, 0.29) is 24.4 Å². The summed E-state index contributed by atoms with van der Waals surface area (Å²) in [5.74, 6) is 1.08. The zero-order valence-corrected chi connectivity index (χ0v) is 22.6. The zero-order chi connectivity index (χ0) is 24.9. The van der Waals surface area contributed by atoms with E-state index in [1.807, 2.05) is 41.5 Å². The summed E-state index contributed by atoms with van der Waals surface area (Å²) in [6.45, 7) is 10.0. The molecule has 0 saturated carbocycles. The summed E-state index contributed by atoms with van der Waals surface area (Å²) < 4.78 is 6.26. The molecule has 0 aliphatic carbocycles. The second-order valence-electron chi connectivity index (χ2n) is 9.41. The van der Waals surface area contributed by atoms with Crippen molar-refractivity contribution in [3.8, 4) is 5.75 Å². The van der Waals surface area contributed by atoms with Gasteiger partial charge < -0.3 is 14.5 Å². The fraction of sp³-hybridized carbons (Fsp3) is 0.429. The third kappa shape index (κ3) is 5.96. The van der Waals surface area contributed by atoms with Crippen LogP contribution in [0.25, 0.3) is 0 Å². The summed E-state index contributed by atoms with van der Waals surface area (Å²) in [5, 5.41) is 4.00. The van der Waals surface area contributed by atoms with Crippen LogP contribution in [0.2, 0.25) is 0 Å². The van der Waals surface area contributed by atoms with Gasteiger partial charge in [-0.05, 0) is 66.3 Å². The van der Waals surface area contributed by atoms with Gasteiger partial charge in [-0.25, -0.2) is 0 Å². The highest BCUT2D eigenvalue weighted by atomic mass is 32.1. The number of thiophene rings is 2. The van der Waals surface area contributed by atoms with Gasteiger partial charge in [0.05, 0.1) is 10.9 Å². The Balaban J connectivity index is 1.54. The highest BCUT2D eigenvalue weighted by Crippen LogP contribution is 2.34. The normalized spacial score (nSPS) is 16.0. The molecule has 2 atom stereocenters. The van der Waals surface area contributed by atoms with E-state index in [1.165, 1.54) is 21.8 Å². The minimum atomic E-state index is -0.166. The number of aryl methyl sites for hydroxylation is 2. The van der Waals surface area contributed by atoms with Crippen LogP contribution in [0.15, 0.2) is 47.2 Å². The Morgan fingerprint density at radius 2 is 2.00 bits per heavy atom. The standard InChI is InChI=1S/C28H34N2O3S2/c1-5-19(2)16-29(28(32)26-7-6-13-34-26)17-27(31)30-12-10-25-22(11-14-35-25)23(30)18-33-24-9-8-20(3)15-21(24)4/h6-9,11,13-15,19,23H,5,10,12,16-18H2,1-4H3/t19-,23+/m1/s1. The van der Waals surface area contributed by atoms with Crippen LogP contribution in [0.1, 0.15) is 57.5 Å². The maximum absolute atomic E-state index is 13.7. The lowest BCUT2D eigenvalue weighted by Crippen LogP contribution is -2.48. The van der Waals surface area contributed by atoms with E-state index in [0.29, 0.717) is 30.5 Å². The molecule has 186 valence electrons. The van der Waals surface area contributed by atoms with E-state index in [9.17, 15) is 9.59 Å². The van der Waals surface area contributed by atoms with Gasteiger partial charge in [-0.15, -0.1) is 22.7 Å². The third-order valence-electron chi connectivity index (χ3n) is 6.72. The van der Waals surface area contributed by atoms with E-state index in [1.54, 1.807) is 16.2 Å². The molecule has 0 saturated heterocycles. The first-order valence-corrected chi connectivity index (χ1v) is 14.0. The molecule has 3 aromatic rings. The fourth-order valence-corrected chi connectivity index (χ4v) is 6.16. The second kappa shape index (κ2) is 11.4. The first-order valence-electron chi connectivity index (χ1n) is 12.3. The van der Waals surface area contributed by atoms with Crippen LogP contribution in [0.3, 0.4) is 0 Å². The van der Waals surface area contributed by atoms with E-state index in [2.05, 4.69) is 38.3 Å². The van der Waals surface area contributed by atoms with E-state index < -0.39 is 0 Å². The van der Waals surface area contributed by atoms with Gasteiger partial charge in [0, 0.05) is 18.0 Å². The predicted octanol–water partition coefficient (Wildman–Crippen LogP) is 6.12. The molecule has 2 aromatic heterocycles. The minimum Gasteiger partial charge on any atom is -0.491 e. The van der Waals surface area contributed by atoms with E-state index >= 15 is 0 Å². The number of nitrogens with zero attached hydrogens (tertiary/aromatic N) is 2. The third-order valence-corrected chi connectivity index (χ3v) is 8.57. The van der Waals surface area contributed by atoms with Crippen LogP contribution < -0.4 is 4.74 Å². The van der Waals surface area contributed by atoms with Crippen molar-refractivity contribution in [3.05, 3.63) is 73.6 Å². The Hall–Kier alpha value is -2.64. The molecule has 0 bridgehead atoms. The van der Waals surface area contributed by atoms with Crippen LogP contribution in [-0.2, 0) is 11.2 Å². The van der Waals surface area contributed by atoms with Gasteiger partial charge in [-0.1, -0.05) is 44.0 Å². The van der Waals surface area contributed by atoms with Crippen molar-refractivity contribution in [3.63, 3.8) is 0 Å². The smallest absolute Gasteiger partial charge is 0.264 e. The quantitative estimate of drug-likeness (QED) is 0.348. The molecule has 3 heterocycles. The number of hydrogen-bond donors (Lipinski definition) is 0. The molecule has 1 aliphatic rings. The van der Waals surface area contributed by atoms with Gasteiger partial charge in [0.2, 0.25) is 5.91 Å². The van der Waals surface area contributed by atoms with Gasteiger partial charge in [0.15, 0.2) is 0 Å². The zero-order valence-electron chi connectivity index (χ0n) is 21.0. The summed E-state index contributed by atoms with van der Waals surface area (Å²) in [7, 11) is 0. The molecule has 35 heavy (non-hydrogen) atoms. The SMILES string of the molecule is CC[C@@H](C)CN(CC(=O)N1CCc2sccc2[C@@H]1COc1ccc(C)cc1C)C(=O)c1cccs1. The van der Waals surface area contributed by atoms with Crippen LogP contribution in [0, 0.1) is 19.8 Å². The molecule has 0 N–H and O–H groups in total. The molecule has 0 unspecified atom stereocenters. The van der Waals surface area contributed by atoms with E-state index in [4.69, 9.17) is 4.74 Å². The molecule has 0 spiro atoms. The van der Waals surface area contributed by atoms with Crippen molar-refractivity contribution in [1.29, 1.82) is 0 Å². The van der Waals surface area contributed by atoms with Crippen molar-refractivity contribution in [2.24, 2.45) is 5.92 Å². The average Bonchev–Trinajstić information content (AvgIpc) is 3.54. The molecular weight excluding hydrogens is 476 g/mol. The Labute approximate surface area is 216 Å². The lowest BCUT2D eigenvalue weighted by atomic mass is 10.00. The van der Waals surface area contributed by atoms with Crippen LogP contribution in [-0.4, -0.2) is 47.9 Å². The first-order chi connectivity index (χ1) is 16.9. The molecular formula is C28H34N2O3S2. The molecule has 0 radical (unpaired) electrons. The van der Waals surface area contributed by atoms with Gasteiger partial charge in [-0.2, -0.15) is 0 Å². The lowest BCUT2D eigenvalue weighted by molar-refractivity contribution is -0.135. The lowest BCUT2D eigenvalue weighted by Gasteiger charge is -2.37. The molecule has 4 rings (SSSR count). The summed E-state index contributed by atoms with van der Waals surface area (Å²) in [6.07, 6.45) is 1.79. The number of benzene rings is 1. The molecule has 1 aromatic carbocycles. The summed E-state index contributed by atoms with van der Waals surface area (Å²) in [5.41, 5.74) is 3.45. The molecule has 0 fully saturated rings. The van der Waals surface area contributed by atoms with Crippen molar-refractivity contribution in [1.82, 2.24) is 9.80 Å². The van der Waals surface area contributed by atoms with Crippen molar-refractivity contribution < 1.29 is 14.3 Å².